The van der Waals surface area contributed by atoms with Gasteiger partial charge in [-0.2, -0.15) is 0 Å². The normalized spacial score (nSPS) is 13.0. The smallest absolute Gasteiger partial charge is 0.504 e. The molecule has 0 aliphatic heterocycles. The highest BCUT2D eigenvalue weighted by Gasteiger charge is 2.19. The van der Waals surface area contributed by atoms with Gasteiger partial charge in [-0.3, -0.25) is 20.4 Å². The fraction of sp³-hybridized carbons (Fsp3) is 0.222. The molecule has 0 saturated carbocycles. The van der Waals surface area contributed by atoms with Gasteiger partial charge in [0.05, 0.1) is 0 Å². The second-order valence-electron chi connectivity index (χ2n) is 3.71. The highest BCUT2D eigenvalue weighted by Crippen LogP contribution is 2.41. The fourth-order valence-electron chi connectivity index (χ4n) is 1.37. The largest absolute Gasteiger partial charge is 0.524 e. The van der Waals surface area contributed by atoms with E-state index in [1.165, 1.54) is 18.2 Å². The van der Waals surface area contributed by atoms with Crippen molar-refractivity contribution in [1.29, 1.82) is 0 Å². The van der Waals surface area contributed by atoms with Crippen molar-refractivity contribution in [2.75, 3.05) is 0 Å². The standard InChI is InChI=1S/C9H14N3O6P/c10-9(14)6(12-11)3-5-1-2-8(7(13)4-5)18-19(15,16)17/h1-2,4,6,12-13H,3,11H2,(H2,10,14)(H2,15,16,17). The van der Waals surface area contributed by atoms with Gasteiger partial charge in [0.2, 0.25) is 5.91 Å². The van der Waals surface area contributed by atoms with Crippen molar-refractivity contribution in [1.82, 2.24) is 5.43 Å². The first kappa shape index (κ1) is 15.4. The molecule has 1 atom stereocenters. The van der Waals surface area contributed by atoms with Crippen LogP contribution in [0.15, 0.2) is 18.2 Å². The Bertz CT molecular complexity index is 517. The first-order valence-corrected chi connectivity index (χ1v) is 6.58. The molecule has 19 heavy (non-hydrogen) atoms. The molecule has 0 aromatic heterocycles. The lowest BCUT2D eigenvalue weighted by Crippen LogP contribution is -2.46. The summed E-state index contributed by atoms with van der Waals surface area (Å²) < 4.78 is 14.9. The number of carbonyl (C=O) groups excluding carboxylic acids is 1. The predicted octanol–water partition coefficient (Wildman–Crippen LogP) is -1.28. The SMILES string of the molecule is NNC(Cc1ccc(OP(=O)(O)O)c(O)c1)C(N)=O. The number of phenolic OH excluding ortho intramolecular Hbond substituents is 1. The van der Waals surface area contributed by atoms with Crippen LogP contribution < -0.4 is 21.5 Å². The Balaban J connectivity index is 2.88. The Morgan fingerprint density at radius 2 is 2.11 bits per heavy atom. The topological polar surface area (TPSA) is 168 Å². The molecule has 0 fully saturated rings. The number of rotatable bonds is 6. The van der Waals surface area contributed by atoms with Gasteiger partial charge < -0.3 is 15.4 Å². The molecule has 1 unspecified atom stereocenters. The summed E-state index contributed by atoms with van der Waals surface area (Å²) in [4.78, 5) is 28.2. The van der Waals surface area contributed by atoms with Gasteiger partial charge in [-0.25, -0.2) is 9.99 Å². The molecule has 0 heterocycles. The first-order chi connectivity index (χ1) is 8.73. The zero-order valence-corrected chi connectivity index (χ0v) is 10.6. The van der Waals surface area contributed by atoms with Crippen LogP contribution in [0, 0.1) is 0 Å². The molecule has 0 spiro atoms. The van der Waals surface area contributed by atoms with E-state index in [0.29, 0.717) is 5.56 Å². The lowest BCUT2D eigenvalue weighted by Gasteiger charge is -2.13. The molecule has 8 N–H and O–H groups in total. The molecule has 0 aliphatic carbocycles. The third kappa shape index (κ3) is 4.86. The third-order valence-corrected chi connectivity index (χ3v) is 2.66. The van der Waals surface area contributed by atoms with Crippen LogP contribution >= 0.6 is 7.82 Å². The highest BCUT2D eigenvalue weighted by atomic mass is 31.2. The van der Waals surface area contributed by atoms with Gasteiger partial charge in [-0.05, 0) is 24.1 Å². The predicted molar refractivity (Wildman–Crippen MR) is 64.8 cm³/mol. The Morgan fingerprint density at radius 1 is 1.47 bits per heavy atom. The number of hydrogen-bond donors (Lipinski definition) is 6. The number of primary amides is 1. The van der Waals surface area contributed by atoms with E-state index < -0.39 is 25.5 Å². The molecular formula is C9H14N3O6P. The van der Waals surface area contributed by atoms with E-state index in [4.69, 9.17) is 21.4 Å². The Hall–Kier alpha value is -1.64. The van der Waals surface area contributed by atoms with Gasteiger partial charge in [0.15, 0.2) is 11.5 Å². The highest BCUT2D eigenvalue weighted by molar-refractivity contribution is 7.46. The van der Waals surface area contributed by atoms with Crippen LogP contribution in [0.5, 0.6) is 11.5 Å². The van der Waals surface area contributed by atoms with Crippen LogP contribution in [0.3, 0.4) is 0 Å². The minimum atomic E-state index is -4.75. The average molecular weight is 291 g/mol. The lowest BCUT2D eigenvalue weighted by molar-refractivity contribution is -0.120. The summed E-state index contributed by atoms with van der Waals surface area (Å²) in [6.45, 7) is 0. The maximum Gasteiger partial charge on any atom is 0.524 e. The molecule has 1 aromatic rings. The molecule has 10 heteroatoms. The van der Waals surface area contributed by atoms with Crippen LogP contribution in [0.1, 0.15) is 5.56 Å². The molecule has 1 rings (SSSR count). The minimum absolute atomic E-state index is 0.107. The number of phosphoric acid groups is 1. The van der Waals surface area contributed by atoms with Gasteiger partial charge in [-0.15, -0.1) is 0 Å². The number of nitrogens with two attached hydrogens (primary N) is 2. The summed E-state index contributed by atoms with van der Waals surface area (Å²) in [7, 11) is -4.75. The van der Waals surface area contributed by atoms with Crippen molar-refractivity contribution in [2.45, 2.75) is 12.5 Å². The van der Waals surface area contributed by atoms with Crippen LogP contribution in [-0.2, 0) is 15.8 Å². The quantitative estimate of drug-likeness (QED) is 0.214. The number of benzene rings is 1. The van der Waals surface area contributed by atoms with E-state index in [-0.39, 0.29) is 12.2 Å². The molecule has 0 saturated heterocycles. The summed E-state index contributed by atoms with van der Waals surface area (Å²) in [6, 6.07) is 2.95. The number of aromatic hydroxyl groups is 1. The van der Waals surface area contributed by atoms with Gasteiger partial charge in [-0.1, -0.05) is 6.07 Å². The van der Waals surface area contributed by atoms with E-state index in [1.54, 1.807) is 0 Å². The van der Waals surface area contributed by atoms with Crippen molar-refractivity contribution < 1.29 is 28.8 Å². The number of phosphoric ester groups is 1. The number of hydrogen-bond acceptors (Lipinski definition) is 6. The number of carbonyl (C=O) groups is 1. The number of hydrazine groups is 1. The van der Waals surface area contributed by atoms with Crippen molar-refractivity contribution in [3.63, 3.8) is 0 Å². The average Bonchev–Trinajstić information content (AvgIpc) is 2.27. The molecule has 0 bridgehead atoms. The number of amides is 1. The molecule has 0 aliphatic rings. The van der Waals surface area contributed by atoms with Crippen molar-refractivity contribution in [2.24, 2.45) is 11.6 Å². The van der Waals surface area contributed by atoms with Gasteiger partial charge in [0.25, 0.3) is 0 Å². The van der Waals surface area contributed by atoms with E-state index >= 15 is 0 Å². The summed E-state index contributed by atoms with van der Waals surface area (Å²) in [5.74, 6) is 3.62. The molecule has 1 amide bonds. The van der Waals surface area contributed by atoms with Crippen LogP contribution in [-0.4, -0.2) is 26.8 Å². The third-order valence-electron chi connectivity index (χ3n) is 2.23. The number of nitrogens with one attached hydrogen (secondary N) is 1. The Kier molecular flexibility index (Phi) is 4.87. The maximum atomic E-state index is 11.0. The van der Waals surface area contributed by atoms with Crippen molar-refractivity contribution >= 4 is 13.7 Å². The van der Waals surface area contributed by atoms with Crippen LogP contribution in [0.25, 0.3) is 0 Å². The molecule has 1 aromatic carbocycles. The summed E-state index contributed by atoms with van der Waals surface area (Å²) in [6.07, 6.45) is 0.107. The zero-order valence-electron chi connectivity index (χ0n) is 9.68. The Morgan fingerprint density at radius 3 is 2.53 bits per heavy atom. The molecule has 106 valence electrons. The monoisotopic (exact) mass is 291 g/mol. The molecule has 0 radical (unpaired) electrons. The van der Waals surface area contributed by atoms with Gasteiger partial charge >= 0.3 is 7.82 Å². The van der Waals surface area contributed by atoms with E-state index in [9.17, 15) is 14.5 Å². The maximum absolute atomic E-state index is 11.0. The molecular weight excluding hydrogens is 277 g/mol. The Labute approximate surface area is 108 Å². The van der Waals surface area contributed by atoms with Crippen molar-refractivity contribution in [3.8, 4) is 11.5 Å². The fourth-order valence-corrected chi connectivity index (χ4v) is 1.78. The molecule has 9 nitrogen and oxygen atoms in total. The first-order valence-electron chi connectivity index (χ1n) is 5.05. The van der Waals surface area contributed by atoms with Crippen LogP contribution in [0.4, 0.5) is 0 Å². The minimum Gasteiger partial charge on any atom is -0.504 e. The zero-order chi connectivity index (χ0) is 14.6. The summed E-state index contributed by atoms with van der Waals surface area (Å²) in [5, 5.41) is 9.54. The van der Waals surface area contributed by atoms with Crippen molar-refractivity contribution in [3.05, 3.63) is 23.8 Å². The van der Waals surface area contributed by atoms with Gasteiger partial charge in [0, 0.05) is 0 Å². The van der Waals surface area contributed by atoms with E-state index in [2.05, 4.69) is 9.95 Å². The van der Waals surface area contributed by atoms with Crippen LogP contribution in [0.2, 0.25) is 0 Å². The van der Waals surface area contributed by atoms with E-state index in [0.717, 1.165) is 0 Å². The second-order valence-corrected chi connectivity index (χ2v) is 4.87. The van der Waals surface area contributed by atoms with E-state index in [1.807, 2.05) is 0 Å². The number of phenols is 1. The lowest BCUT2D eigenvalue weighted by atomic mass is 10.1. The second kappa shape index (κ2) is 6.00. The summed E-state index contributed by atoms with van der Waals surface area (Å²) >= 11 is 0. The van der Waals surface area contributed by atoms with Gasteiger partial charge in [0.1, 0.15) is 6.04 Å². The summed E-state index contributed by atoms with van der Waals surface area (Å²) in [5.41, 5.74) is 7.77.